The van der Waals surface area contributed by atoms with Crippen LogP contribution in [0.1, 0.15) is 0 Å². The van der Waals surface area contributed by atoms with Crippen LogP contribution in [0.2, 0.25) is 0 Å². The fourth-order valence-electron chi connectivity index (χ4n) is 9.23. The first-order valence-electron chi connectivity index (χ1n) is 20.7. The predicted octanol–water partition coefficient (Wildman–Crippen LogP) is 14.8. The lowest BCUT2D eigenvalue weighted by molar-refractivity contribution is 1.07. The first kappa shape index (κ1) is 34.8. The van der Waals surface area contributed by atoms with Crippen LogP contribution in [0.5, 0.6) is 0 Å². The van der Waals surface area contributed by atoms with E-state index in [2.05, 4.69) is 199 Å². The first-order valence-corrected chi connectivity index (χ1v) is 20.7. The van der Waals surface area contributed by atoms with Gasteiger partial charge in [-0.1, -0.05) is 194 Å². The molecule has 0 aliphatic heterocycles. The van der Waals surface area contributed by atoms with Crippen LogP contribution in [0.4, 0.5) is 0 Å². The lowest BCUT2D eigenvalue weighted by atomic mass is 9.92. The molecule has 12 rings (SSSR count). The van der Waals surface area contributed by atoms with E-state index in [1.807, 2.05) is 24.3 Å². The van der Waals surface area contributed by atoms with E-state index in [1.165, 1.54) is 48.8 Å². The molecule has 10 aromatic carbocycles. The summed E-state index contributed by atoms with van der Waals surface area (Å²) in [5.41, 5.74) is 10.7. The van der Waals surface area contributed by atoms with E-state index < -0.39 is 0 Å². The van der Waals surface area contributed by atoms with Crippen molar-refractivity contribution in [2.45, 2.75) is 0 Å². The molecule has 0 bridgehead atoms. The number of nitrogens with zero attached hydrogens (tertiary/aromatic N) is 4. The van der Waals surface area contributed by atoms with Gasteiger partial charge in [-0.2, -0.15) is 0 Å². The summed E-state index contributed by atoms with van der Waals surface area (Å²) in [6.07, 6.45) is 0. The molecule has 0 spiro atoms. The van der Waals surface area contributed by atoms with E-state index in [0.717, 1.165) is 49.9 Å². The summed E-state index contributed by atoms with van der Waals surface area (Å²) in [5.74, 6) is 1.84. The molecular weight excluding hydrogens is 741 g/mol. The quantitative estimate of drug-likeness (QED) is 0.158. The highest BCUT2D eigenvalue weighted by molar-refractivity contribution is 6.26. The van der Waals surface area contributed by atoms with E-state index in [-0.39, 0.29) is 0 Å². The van der Waals surface area contributed by atoms with E-state index in [4.69, 9.17) is 15.0 Å². The molecule has 0 saturated heterocycles. The van der Waals surface area contributed by atoms with Crippen LogP contribution in [0, 0.1) is 0 Å². The molecule has 2 heterocycles. The van der Waals surface area contributed by atoms with Crippen molar-refractivity contribution in [1.82, 2.24) is 19.5 Å². The summed E-state index contributed by atoms with van der Waals surface area (Å²) in [6.45, 7) is 0. The second kappa shape index (κ2) is 14.3. The van der Waals surface area contributed by atoms with E-state index in [1.54, 1.807) is 0 Å². The van der Waals surface area contributed by atoms with Gasteiger partial charge >= 0.3 is 0 Å². The molecular formula is C57H36N4. The van der Waals surface area contributed by atoms with Crippen molar-refractivity contribution in [1.29, 1.82) is 0 Å². The Hall–Kier alpha value is -8.21. The predicted molar refractivity (Wildman–Crippen MR) is 254 cm³/mol. The Morgan fingerprint density at radius 3 is 1.31 bits per heavy atom. The third-order valence-corrected chi connectivity index (χ3v) is 12.0. The molecule has 0 N–H and O–H groups in total. The molecule has 4 nitrogen and oxygen atoms in total. The van der Waals surface area contributed by atoms with Crippen molar-refractivity contribution in [2.75, 3.05) is 0 Å². The highest BCUT2D eigenvalue weighted by Crippen LogP contribution is 2.44. The summed E-state index contributed by atoms with van der Waals surface area (Å²) < 4.78 is 2.43. The number of rotatable bonds is 6. The minimum absolute atomic E-state index is 0.607. The average Bonchev–Trinajstić information content (AvgIpc) is 3.69. The lowest BCUT2D eigenvalue weighted by Gasteiger charge is -2.18. The van der Waals surface area contributed by atoms with Crippen molar-refractivity contribution in [3.05, 3.63) is 218 Å². The number of para-hydroxylation sites is 1. The van der Waals surface area contributed by atoms with Crippen molar-refractivity contribution < 1.29 is 0 Å². The van der Waals surface area contributed by atoms with Gasteiger partial charge in [0.1, 0.15) is 0 Å². The summed E-state index contributed by atoms with van der Waals surface area (Å²) in [4.78, 5) is 15.9. The molecule has 284 valence electrons. The number of aromatic nitrogens is 4. The molecule has 0 radical (unpaired) electrons. The van der Waals surface area contributed by atoms with Gasteiger partial charge in [0.15, 0.2) is 17.5 Å². The molecule has 4 heteroatoms. The van der Waals surface area contributed by atoms with E-state index >= 15 is 0 Å². The molecule has 0 amide bonds. The summed E-state index contributed by atoms with van der Waals surface area (Å²) in [7, 11) is 0. The Labute approximate surface area is 352 Å². The fourth-order valence-corrected chi connectivity index (χ4v) is 9.23. The Bertz CT molecular complexity index is 3610. The van der Waals surface area contributed by atoms with Gasteiger partial charge in [-0.15, -0.1) is 0 Å². The maximum absolute atomic E-state index is 5.41. The van der Waals surface area contributed by atoms with Crippen LogP contribution in [0.3, 0.4) is 0 Å². The number of hydrogen-bond acceptors (Lipinski definition) is 3. The van der Waals surface area contributed by atoms with Gasteiger partial charge in [0.05, 0.1) is 16.7 Å². The minimum atomic E-state index is 0.607. The molecule has 12 aromatic rings. The van der Waals surface area contributed by atoms with Gasteiger partial charge in [-0.25, -0.2) is 15.0 Å². The molecule has 61 heavy (non-hydrogen) atoms. The summed E-state index contributed by atoms with van der Waals surface area (Å²) in [6, 6.07) is 77.6. The molecule has 0 aliphatic carbocycles. The normalized spacial score (nSPS) is 11.6. The Morgan fingerprint density at radius 1 is 0.262 bits per heavy atom. The number of fused-ring (bicyclic) bond motifs is 9. The van der Waals surface area contributed by atoms with Gasteiger partial charge in [0.25, 0.3) is 0 Å². The first-order chi connectivity index (χ1) is 30.3. The molecule has 0 saturated carbocycles. The second-order valence-corrected chi connectivity index (χ2v) is 15.5. The van der Waals surface area contributed by atoms with Crippen molar-refractivity contribution in [3.63, 3.8) is 0 Å². The highest BCUT2D eigenvalue weighted by Gasteiger charge is 2.23. The van der Waals surface area contributed by atoms with Crippen LogP contribution >= 0.6 is 0 Å². The largest absolute Gasteiger partial charge is 0.308 e. The maximum Gasteiger partial charge on any atom is 0.166 e. The molecule has 0 unspecified atom stereocenters. The van der Waals surface area contributed by atoms with E-state index in [0.29, 0.717) is 17.5 Å². The number of benzene rings is 10. The van der Waals surface area contributed by atoms with Crippen LogP contribution in [-0.2, 0) is 0 Å². The highest BCUT2D eigenvalue weighted by atomic mass is 15.1. The van der Waals surface area contributed by atoms with Gasteiger partial charge in [0, 0.05) is 27.5 Å². The zero-order valence-electron chi connectivity index (χ0n) is 33.1. The Kier molecular flexibility index (Phi) is 8.13. The van der Waals surface area contributed by atoms with Gasteiger partial charge < -0.3 is 4.57 Å². The third kappa shape index (κ3) is 5.80. The molecule has 0 atom stereocenters. The van der Waals surface area contributed by atoms with Crippen LogP contribution in [0.25, 0.3) is 116 Å². The zero-order valence-corrected chi connectivity index (χ0v) is 33.1. The van der Waals surface area contributed by atoms with Crippen molar-refractivity contribution in [2.24, 2.45) is 0 Å². The Morgan fingerprint density at radius 2 is 0.689 bits per heavy atom. The SMILES string of the molecule is c1ccc(-c2ccc(-c3nc(-c4ccccc4)nc(-c4cc5c6ccccc6c6ccccc6c5cc4-n4c5ccccc5c5c(-c6ccccc6)cccc54)n3)cc2)cc1. The van der Waals surface area contributed by atoms with Gasteiger partial charge in [-0.05, 0) is 78.8 Å². The van der Waals surface area contributed by atoms with Crippen molar-refractivity contribution >= 4 is 54.1 Å². The standard InChI is InChI=1S/C57H36N4/c1-4-17-37(18-5-1)38-31-33-41(34-32-38)56-58-55(40-21-8-3-9-22-40)59-57(60-56)50-35-48-45-25-12-10-23-43(45)44-24-11-13-26-46(44)49(48)36-53(50)61-51-29-15-14-27-47(51)54-42(28-16-30-52(54)61)39-19-6-2-7-20-39/h1-36H. The number of hydrogen-bond donors (Lipinski definition) is 0. The van der Waals surface area contributed by atoms with Gasteiger partial charge in [0.2, 0.25) is 0 Å². The van der Waals surface area contributed by atoms with Crippen LogP contribution in [-0.4, -0.2) is 19.5 Å². The van der Waals surface area contributed by atoms with Crippen LogP contribution in [0.15, 0.2) is 218 Å². The smallest absolute Gasteiger partial charge is 0.166 e. The average molecular weight is 777 g/mol. The van der Waals surface area contributed by atoms with Crippen LogP contribution < -0.4 is 0 Å². The summed E-state index contributed by atoms with van der Waals surface area (Å²) in [5, 5.41) is 9.55. The van der Waals surface area contributed by atoms with Gasteiger partial charge in [-0.3, -0.25) is 0 Å². The monoisotopic (exact) mass is 776 g/mol. The Balaban J connectivity index is 1.20. The minimum Gasteiger partial charge on any atom is -0.308 e. The second-order valence-electron chi connectivity index (χ2n) is 15.5. The zero-order chi connectivity index (χ0) is 40.3. The lowest BCUT2D eigenvalue weighted by Crippen LogP contribution is -2.04. The maximum atomic E-state index is 5.41. The van der Waals surface area contributed by atoms with E-state index in [9.17, 15) is 0 Å². The fraction of sp³-hybridized carbons (Fsp3) is 0. The molecule has 0 fully saturated rings. The summed E-state index contributed by atoms with van der Waals surface area (Å²) >= 11 is 0. The van der Waals surface area contributed by atoms with Crippen molar-refractivity contribution in [3.8, 4) is 62.1 Å². The topological polar surface area (TPSA) is 43.6 Å². The third-order valence-electron chi connectivity index (χ3n) is 12.0. The molecule has 2 aromatic heterocycles. The molecule has 0 aliphatic rings.